The van der Waals surface area contributed by atoms with Gasteiger partial charge in [-0.25, -0.2) is 0 Å². The average Bonchev–Trinajstić information content (AvgIpc) is 2.39. The SMILES string of the molecule is O=C(O)C1CCCN([N+]2(C(=O)O)CCCCC2)C1. The van der Waals surface area contributed by atoms with Crippen LogP contribution in [0.2, 0.25) is 0 Å². The molecular weight excluding hydrogens is 236 g/mol. The maximum Gasteiger partial charge on any atom is 0.533 e. The monoisotopic (exact) mass is 257 g/mol. The second-order valence-corrected chi connectivity index (χ2v) is 5.30. The molecule has 2 aliphatic heterocycles. The maximum absolute atomic E-state index is 11.6. The van der Waals surface area contributed by atoms with E-state index in [-0.39, 0.29) is 4.59 Å². The number of amides is 1. The van der Waals surface area contributed by atoms with E-state index in [0.29, 0.717) is 32.6 Å². The highest BCUT2D eigenvalue weighted by Gasteiger charge is 2.47. The Kier molecular flexibility index (Phi) is 3.87. The van der Waals surface area contributed by atoms with Gasteiger partial charge in [-0.05, 0) is 32.1 Å². The standard InChI is InChI=1S/C12H20N2O4/c15-11(16)10-5-4-6-13(9-10)14(12(17)18)7-2-1-3-8-14/h10H,1-9H2,(H-,15,16,17,18)/p+1. The van der Waals surface area contributed by atoms with E-state index in [2.05, 4.69) is 0 Å². The zero-order chi connectivity index (χ0) is 13.2. The van der Waals surface area contributed by atoms with Gasteiger partial charge in [-0.15, -0.1) is 9.60 Å². The molecule has 1 amide bonds. The first-order valence-electron chi connectivity index (χ1n) is 6.65. The minimum absolute atomic E-state index is 0.0518. The Hall–Kier alpha value is -1.14. The van der Waals surface area contributed by atoms with Gasteiger partial charge in [-0.3, -0.25) is 4.79 Å². The highest BCUT2D eigenvalue weighted by atomic mass is 16.4. The van der Waals surface area contributed by atoms with Crippen molar-refractivity contribution < 1.29 is 24.4 Å². The van der Waals surface area contributed by atoms with Crippen LogP contribution in [0.1, 0.15) is 32.1 Å². The summed E-state index contributed by atoms with van der Waals surface area (Å²) in [5.74, 6) is -1.23. The predicted octanol–water partition coefficient (Wildman–Crippen LogP) is 1.38. The minimum Gasteiger partial charge on any atom is -0.481 e. The van der Waals surface area contributed by atoms with Gasteiger partial charge in [0.25, 0.3) is 0 Å². The summed E-state index contributed by atoms with van der Waals surface area (Å²) in [6.07, 6.45) is 3.47. The van der Waals surface area contributed by atoms with Gasteiger partial charge < -0.3 is 10.2 Å². The highest BCUT2D eigenvalue weighted by Crippen LogP contribution is 2.28. The zero-order valence-corrected chi connectivity index (χ0v) is 10.5. The van der Waals surface area contributed by atoms with Crippen LogP contribution in [0.5, 0.6) is 0 Å². The van der Waals surface area contributed by atoms with Crippen LogP contribution in [0.4, 0.5) is 4.79 Å². The van der Waals surface area contributed by atoms with Gasteiger partial charge in [0.15, 0.2) is 0 Å². The van der Waals surface area contributed by atoms with Crippen molar-refractivity contribution in [1.29, 1.82) is 0 Å². The molecule has 6 nitrogen and oxygen atoms in total. The van der Waals surface area contributed by atoms with E-state index in [9.17, 15) is 14.7 Å². The van der Waals surface area contributed by atoms with Crippen molar-refractivity contribution >= 4 is 12.1 Å². The number of piperidine rings is 2. The number of hydrogen-bond donors (Lipinski definition) is 2. The van der Waals surface area contributed by atoms with Crippen LogP contribution in [-0.4, -0.2) is 58.1 Å². The van der Waals surface area contributed by atoms with E-state index in [4.69, 9.17) is 5.11 Å². The number of carboxylic acids is 1. The van der Waals surface area contributed by atoms with Crippen LogP contribution in [0.25, 0.3) is 0 Å². The van der Waals surface area contributed by atoms with E-state index in [1.807, 2.05) is 5.01 Å². The minimum atomic E-state index is -0.833. The van der Waals surface area contributed by atoms with Crippen molar-refractivity contribution in [2.75, 3.05) is 26.2 Å². The number of quaternary nitrogens is 1. The Balaban J connectivity index is 2.15. The first-order valence-corrected chi connectivity index (χ1v) is 6.65. The summed E-state index contributed by atoms with van der Waals surface area (Å²) in [5.41, 5.74) is 0. The van der Waals surface area contributed by atoms with Gasteiger partial charge in [0.2, 0.25) is 0 Å². The third-order valence-corrected chi connectivity index (χ3v) is 4.20. The Morgan fingerprint density at radius 2 is 1.72 bits per heavy atom. The van der Waals surface area contributed by atoms with Crippen LogP contribution in [-0.2, 0) is 4.79 Å². The predicted molar refractivity (Wildman–Crippen MR) is 63.8 cm³/mol. The summed E-state index contributed by atoms with van der Waals surface area (Å²) in [4.78, 5) is 22.7. The number of rotatable bonds is 2. The molecule has 0 aliphatic carbocycles. The van der Waals surface area contributed by atoms with E-state index >= 15 is 0 Å². The van der Waals surface area contributed by atoms with Gasteiger partial charge in [0.05, 0.1) is 12.5 Å². The van der Waals surface area contributed by atoms with E-state index < -0.39 is 18.0 Å². The topological polar surface area (TPSA) is 77.8 Å². The van der Waals surface area contributed by atoms with Crippen molar-refractivity contribution in [3.8, 4) is 0 Å². The van der Waals surface area contributed by atoms with Crippen LogP contribution in [0.15, 0.2) is 0 Å². The van der Waals surface area contributed by atoms with Gasteiger partial charge in [0, 0.05) is 6.54 Å². The second kappa shape index (κ2) is 5.24. The van der Waals surface area contributed by atoms with Crippen LogP contribution >= 0.6 is 0 Å². The third-order valence-electron chi connectivity index (χ3n) is 4.20. The summed E-state index contributed by atoms with van der Waals surface area (Å²) in [6.45, 7) is 2.25. The molecule has 0 saturated carbocycles. The van der Waals surface area contributed by atoms with Crippen molar-refractivity contribution in [1.82, 2.24) is 5.01 Å². The fourth-order valence-corrected chi connectivity index (χ4v) is 3.14. The van der Waals surface area contributed by atoms with Crippen LogP contribution in [0.3, 0.4) is 0 Å². The molecule has 18 heavy (non-hydrogen) atoms. The largest absolute Gasteiger partial charge is 0.533 e. The Morgan fingerprint density at radius 3 is 2.28 bits per heavy atom. The van der Waals surface area contributed by atoms with Crippen LogP contribution in [0, 0.1) is 5.92 Å². The molecule has 6 heteroatoms. The van der Waals surface area contributed by atoms with Crippen molar-refractivity contribution in [3.05, 3.63) is 0 Å². The molecule has 2 rings (SSSR count). The molecule has 0 bridgehead atoms. The molecule has 2 fully saturated rings. The average molecular weight is 257 g/mol. The van der Waals surface area contributed by atoms with Gasteiger partial charge in [-0.1, -0.05) is 0 Å². The number of carbonyl (C=O) groups is 2. The normalized spacial score (nSPS) is 28.8. The molecule has 2 saturated heterocycles. The summed E-state index contributed by atoms with van der Waals surface area (Å²) < 4.78 is -0.0518. The molecule has 2 aliphatic rings. The van der Waals surface area contributed by atoms with Gasteiger partial charge in [0.1, 0.15) is 13.1 Å². The van der Waals surface area contributed by atoms with Crippen molar-refractivity contribution in [2.45, 2.75) is 32.1 Å². The van der Waals surface area contributed by atoms with Crippen molar-refractivity contribution in [3.63, 3.8) is 0 Å². The number of hydrogen-bond acceptors (Lipinski definition) is 3. The zero-order valence-electron chi connectivity index (χ0n) is 10.5. The lowest BCUT2D eigenvalue weighted by Crippen LogP contribution is -2.67. The number of likely N-dealkylation sites (tertiary alicyclic amines) is 1. The molecule has 2 heterocycles. The Bertz CT molecular complexity index is 339. The molecule has 102 valence electrons. The molecule has 0 aromatic carbocycles. The van der Waals surface area contributed by atoms with E-state index in [1.54, 1.807) is 0 Å². The molecule has 0 radical (unpaired) electrons. The molecule has 0 aromatic heterocycles. The lowest BCUT2D eigenvalue weighted by molar-refractivity contribution is -0.977. The van der Waals surface area contributed by atoms with E-state index in [0.717, 1.165) is 25.7 Å². The lowest BCUT2D eigenvalue weighted by atomic mass is 9.99. The Morgan fingerprint density at radius 1 is 1.06 bits per heavy atom. The summed E-state index contributed by atoms with van der Waals surface area (Å²) in [5, 5.41) is 20.5. The van der Waals surface area contributed by atoms with Gasteiger partial charge in [-0.2, -0.15) is 4.79 Å². The number of nitrogens with zero attached hydrogens (tertiary/aromatic N) is 2. The smallest absolute Gasteiger partial charge is 0.481 e. The first-order chi connectivity index (χ1) is 8.56. The number of carboxylic acid groups (broad SMARTS) is 2. The molecule has 2 N–H and O–H groups in total. The quantitative estimate of drug-likeness (QED) is 0.731. The molecular formula is C12H21N2O4+. The fourth-order valence-electron chi connectivity index (χ4n) is 3.14. The summed E-state index contributed by atoms with van der Waals surface area (Å²) >= 11 is 0. The lowest BCUT2D eigenvalue weighted by Gasteiger charge is -2.45. The second-order valence-electron chi connectivity index (χ2n) is 5.30. The molecule has 0 aromatic rings. The fraction of sp³-hybridized carbons (Fsp3) is 0.833. The van der Waals surface area contributed by atoms with Gasteiger partial charge >= 0.3 is 12.1 Å². The maximum atomic E-state index is 11.6. The van der Waals surface area contributed by atoms with Crippen molar-refractivity contribution in [2.24, 2.45) is 5.92 Å². The van der Waals surface area contributed by atoms with E-state index in [1.165, 1.54) is 0 Å². The highest BCUT2D eigenvalue weighted by molar-refractivity contribution is 5.70. The number of aliphatic carboxylic acids is 1. The molecule has 0 spiro atoms. The van der Waals surface area contributed by atoms with Crippen LogP contribution < -0.4 is 0 Å². The first kappa shape index (κ1) is 13.3. The summed E-state index contributed by atoms with van der Waals surface area (Å²) in [6, 6.07) is 0. The molecule has 1 unspecified atom stereocenters. The molecule has 1 atom stereocenters. The Labute approximate surface area is 106 Å². The summed E-state index contributed by atoms with van der Waals surface area (Å²) in [7, 11) is 0. The third kappa shape index (κ3) is 2.35.